The third-order valence-electron chi connectivity index (χ3n) is 2.76. The van der Waals surface area contributed by atoms with Gasteiger partial charge in [-0.3, -0.25) is 0 Å². The monoisotopic (exact) mass is 268 g/mol. The number of nitrogens with one attached hydrogen (secondary N) is 2. The number of halogens is 1. The summed E-state index contributed by atoms with van der Waals surface area (Å²) in [6, 6.07) is 6.15. The molecular formula is C14H21FN2O2. The molecule has 1 aromatic carbocycles. The molecule has 3 N–H and O–H groups in total. The Kier molecular flexibility index (Phi) is 6.89. The van der Waals surface area contributed by atoms with Gasteiger partial charge in [0.25, 0.3) is 0 Å². The van der Waals surface area contributed by atoms with Crippen LogP contribution in [-0.2, 0) is 6.42 Å². The molecule has 0 aliphatic heterocycles. The van der Waals surface area contributed by atoms with E-state index in [-0.39, 0.29) is 18.4 Å². The number of hydrogen-bond acceptors (Lipinski definition) is 2. The van der Waals surface area contributed by atoms with Crippen LogP contribution in [0.5, 0.6) is 0 Å². The minimum atomic E-state index is -0.512. The molecule has 0 aromatic heterocycles. The zero-order valence-corrected chi connectivity index (χ0v) is 11.2. The quantitative estimate of drug-likeness (QED) is 0.706. The first-order valence-corrected chi connectivity index (χ1v) is 6.56. The van der Waals surface area contributed by atoms with Gasteiger partial charge in [-0.2, -0.15) is 0 Å². The summed E-state index contributed by atoms with van der Waals surface area (Å²) in [5.74, 6) is -0.261. The number of aliphatic hydroxyl groups is 1. The summed E-state index contributed by atoms with van der Waals surface area (Å²) in [5, 5.41) is 14.6. The highest BCUT2D eigenvalue weighted by molar-refractivity contribution is 5.73. The van der Waals surface area contributed by atoms with Crippen molar-refractivity contribution in [1.29, 1.82) is 0 Å². The molecule has 4 nitrogen and oxygen atoms in total. The highest BCUT2D eigenvalue weighted by Gasteiger charge is 2.06. The van der Waals surface area contributed by atoms with Crippen LogP contribution in [0.3, 0.4) is 0 Å². The lowest BCUT2D eigenvalue weighted by Crippen LogP contribution is -2.40. The number of carbonyl (C=O) groups excluding carboxylic acids is 1. The molecule has 106 valence electrons. The third-order valence-corrected chi connectivity index (χ3v) is 2.76. The van der Waals surface area contributed by atoms with Crippen LogP contribution < -0.4 is 10.6 Å². The zero-order chi connectivity index (χ0) is 14.1. The maximum absolute atomic E-state index is 13.3. The minimum Gasteiger partial charge on any atom is -0.391 e. The summed E-state index contributed by atoms with van der Waals surface area (Å²) in [7, 11) is 0. The van der Waals surface area contributed by atoms with Crippen molar-refractivity contribution < 1.29 is 14.3 Å². The average Bonchev–Trinajstić information content (AvgIpc) is 2.39. The molecule has 0 aliphatic rings. The molecule has 19 heavy (non-hydrogen) atoms. The Morgan fingerprint density at radius 3 is 2.79 bits per heavy atom. The van der Waals surface area contributed by atoms with Gasteiger partial charge >= 0.3 is 6.03 Å². The lowest BCUT2D eigenvalue weighted by Gasteiger charge is -2.11. The normalized spacial score (nSPS) is 11.9. The van der Waals surface area contributed by atoms with Gasteiger partial charge in [0.05, 0.1) is 6.10 Å². The summed E-state index contributed by atoms with van der Waals surface area (Å²) in [5.41, 5.74) is 0.578. The predicted molar refractivity (Wildman–Crippen MR) is 72.4 cm³/mol. The van der Waals surface area contributed by atoms with Crippen molar-refractivity contribution in [3.05, 3.63) is 35.6 Å². The Hall–Kier alpha value is -1.62. The standard InChI is InChI=1S/C14H21FN2O2/c1-2-5-12(18)10-17-14(19)16-9-8-11-6-3-4-7-13(11)15/h3-4,6-7,12,18H,2,5,8-10H2,1H3,(H2,16,17,19). The lowest BCUT2D eigenvalue weighted by molar-refractivity contribution is 0.160. The maximum Gasteiger partial charge on any atom is 0.314 e. The molecule has 5 heteroatoms. The second-order valence-electron chi connectivity index (χ2n) is 4.42. The fourth-order valence-electron chi connectivity index (χ4n) is 1.72. The molecule has 0 radical (unpaired) electrons. The van der Waals surface area contributed by atoms with E-state index >= 15 is 0 Å². The molecule has 0 saturated heterocycles. The van der Waals surface area contributed by atoms with E-state index in [0.717, 1.165) is 6.42 Å². The van der Waals surface area contributed by atoms with Crippen LogP contribution in [-0.4, -0.2) is 30.3 Å². The van der Waals surface area contributed by atoms with Gasteiger partial charge in [0, 0.05) is 13.1 Å². The molecule has 1 atom stereocenters. The third kappa shape index (κ3) is 6.20. The van der Waals surface area contributed by atoms with E-state index in [0.29, 0.717) is 24.9 Å². The second-order valence-corrected chi connectivity index (χ2v) is 4.42. The van der Waals surface area contributed by atoms with Gasteiger partial charge in [-0.15, -0.1) is 0 Å². The van der Waals surface area contributed by atoms with E-state index in [9.17, 15) is 14.3 Å². The SMILES string of the molecule is CCCC(O)CNC(=O)NCCc1ccccc1F. The molecule has 0 heterocycles. The smallest absolute Gasteiger partial charge is 0.314 e. The molecule has 2 amide bonds. The van der Waals surface area contributed by atoms with E-state index < -0.39 is 6.10 Å². The number of rotatable bonds is 7. The van der Waals surface area contributed by atoms with Gasteiger partial charge in [0.1, 0.15) is 5.82 Å². The first-order valence-electron chi connectivity index (χ1n) is 6.56. The number of urea groups is 1. The fourth-order valence-corrected chi connectivity index (χ4v) is 1.72. The van der Waals surface area contributed by atoms with Crippen LogP contribution in [0.1, 0.15) is 25.3 Å². The Balaban J connectivity index is 2.19. The van der Waals surface area contributed by atoms with Crippen LogP contribution in [0, 0.1) is 5.82 Å². The van der Waals surface area contributed by atoms with Crippen molar-refractivity contribution in [2.45, 2.75) is 32.3 Å². The molecule has 0 spiro atoms. The molecule has 1 unspecified atom stereocenters. The van der Waals surface area contributed by atoms with Crippen molar-refractivity contribution in [1.82, 2.24) is 10.6 Å². The van der Waals surface area contributed by atoms with Crippen molar-refractivity contribution in [3.8, 4) is 0 Å². The van der Waals surface area contributed by atoms with E-state index in [4.69, 9.17) is 0 Å². The van der Waals surface area contributed by atoms with Gasteiger partial charge in [-0.25, -0.2) is 9.18 Å². The summed E-state index contributed by atoms with van der Waals surface area (Å²) in [4.78, 5) is 11.4. The highest BCUT2D eigenvalue weighted by atomic mass is 19.1. The maximum atomic E-state index is 13.3. The number of amides is 2. The number of carbonyl (C=O) groups is 1. The van der Waals surface area contributed by atoms with Gasteiger partial charge < -0.3 is 15.7 Å². The minimum absolute atomic E-state index is 0.235. The van der Waals surface area contributed by atoms with Crippen molar-refractivity contribution in [3.63, 3.8) is 0 Å². The molecule has 0 saturated carbocycles. The fraction of sp³-hybridized carbons (Fsp3) is 0.500. The lowest BCUT2D eigenvalue weighted by atomic mass is 10.1. The number of hydrogen-bond donors (Lipinski definition) is 3. The largest absolute Gasteiger partial charge is 0.391 e. The van der Waals surface area contributed by atoms with Crippen LogP contribution in [0.15, 0.2) is 24.3 Å². The molecule has 0 fully saturated rings. The van der Waals surface area contributed by atoms with Gasteiger partial charge in [-0.1, -0.05) is 31.5 Å². The van der Waals surface area contributed by atoms with Gasteiger partial charge in [0.2, 0.25) is 0 Å². The van der Waals surface area contributed by atoms with Crippen LogP contribution in [0.25, 0.3) is 0 Å². The van der Waals surface area contributed by atoms with Crippen LogP contribution >= 0.6 is 0 Å². The van der Waals surface area contributed by atoms with Crippen molar-refractivity contribution >= 4 is 6.03 Å². The summed E-state index contributed by atoms with van der Waals surface area (Å²) >= 11 is 0. The Morgan fingerprint density at radius 1 is 1.37 bits per heavy atom. The predicted octanol–water partition coefficient (Wildman–Crippen LogP) is 1.83. The molecule has 0 bridgehead atoms. The van der Waals surface area contributed by atoms with E-state index in [1.54, 1.807) is 18.2 Å². The molecule has 0 aliphatic carbocycles. The molecule has 1 aromatic rings. The Labute approximate surface area is 113 Å². The Morgan fingerprint density at radius 2 is 2.11 bits per heavy atom. The topological polar surface area (TPSA) is 61.4 Å². The second kappa shape index (κ2) is 8.48. The Bertz CT molecular complexity index is 399. The van der Waals surface area contributed by atoms with Gasteiger partial charge in [0.15, 0.2) is 0 Å². The van der Waals surface area contributed by atoms with E-state index in [1.165, 1.54) is 6.07 Å². The summed E-state index contributed by atoms with van der Waals surface area (Å²) in [6.45, 7) is 2.56. The van der Waals surface area contributed by atoms with Crippen molar-refractivity contribution in [2.75, 3.05) is 13.1 Å². The first kappa shape index (κ1) is 15.4. The van der Waals surface area contributed by atoms with E-state index in [2.05, 4.69) is 10.6 Å². The van der Waals surface area contributed by atoms with Crippen LogP contribution in [0.4, 0.5) is 9.18 Å². The molecule has 1 rings (SSSR count). The van der Waals surface area contributed by atoms with Gasteiger partial charge in [-0.05, 0) is 24.5 Å². The molecular weight excluding hydrogens is 247 g/mol. The van der Waals surface area contributed by atoms with Crippen molar-refractivity contribution in [2.24, 2.45) is 0 Å². The van der Waals surface area contributed by atoms with Crippen LogP contribution in [0.2, 0.25) is 0 Å². The van der Waals surface area contributed by atoms with E-state index in [1.807, 2.05) is 6.92 Å². The number of aliphatic hydroxyl groups excluding tert-OH is 1. The summed E-state index contributed by atoms with van der Waals surface area (Å²) in [6.07, 6.45) is 1.47. The average molecular weight is 268 g/mol. The zero-order valence-electron chi connectivity index (χ0n) is 11.2. The summed E-state index contributed by atoms with van der Waals surface area (Å²) < 4.78 is 13.3. The first-order chi connectivity index (χ1) is 9.13. The number of benzene rings is 1. The highest BCUT2D eigenvalue weighted by Crippen LogP contribution is 2.05.